The highest BCUT2D eigenvalue weighted by Gasteiger charge is 2.19. The summed E-state index contributed by atoms with van der Waals surface area (Å²) in [5.41, 5.74) is 0. The Bertz CT molecular complexity index is 1030. The molecule has 0 fully saturated rings. The average Bonchev–Trinajstić information content (AvgIpc) is 3.22. The molecule has 0 aromatic rings. The van der Waals surface area contributed by atoms with Crippen molar-refractivity contribution >= 4 is 17.9 Å². The maximum absolute atomic E-state index is 12.5. The van der Waals surface area contributed by atoms with Gasteiger partial charge < -0.3 is 14.2 Å². The van der Waals surface area contributed by atoms with E-state index < -0.39 is 6.10 Å². The number of hydrogen-bond donors (Lipinski definition) is 0. The van der Waals surface area contributed by atoms with Crippen LogP contribution in [0.3, 0.4) is 0 Å². The number of unbranched alkanes of at least 4 members (excludes halogenated alkanes) is 25. The number of esters is 3. The minimum atomic E-state index is -0.761. The average molecular weight is 813 g/mol. The van der Waals surface area contributed by atoms with Crippen molar-refractivity contribution in [1.82, 2.24) is 0 Å². The van der Waals surface area contributed by atoms with Gasteiger partial charge in [0.2, 0.25) is 0 Å². The minimum absolute atomic E-state index is 0.0708. The molecule has 0 aliphatic carbocycles. The van der Waals surface area contributed by atoms with Crippen LogP contribution in [0, 0.1) is 0 Å². The SMILES string of the molecule is CC/C=C\C/C=C\C/C=C\C/C=C\CCCCCCCCCCCCCCCCCCC(=O)OCC(COC(=O)CCCCCCC)OC(=O)CCCCCCCC. The Kier molecular flexibility index (Phi) is 44.9. The zero-order valence-corrected chi connectivity index (χ0v) is 38.3. The molecule has 1 atom stereocenters. The lowest BCUT2D eigenvalue weighted by atomic mass is 10.0. The van der Waals surface area contributed by atoms with Gasteiger partial charge in [-0.1, -0.05) is 217 Å². The molecule has 1 unspecified atom stereocenters. The smallest absolute Gasteiger partial charge is 0.306 e. The summed E-state index contributed by atoms with van der Waals surface area (Å²) in [6.07, 6.45) is 56.1. The van der Waals surface area contributed by atoms with Gasteiger partial charge in [-0.3, -0.25) is 14.4 Å². The zero-order chi connectivity index (χ0) is 42.3. The maximum Gasteiger partial charge on any atom is 0.306 e. The van der Waals surface area contributed by atoms with E-state index in [1.807, 2.05) is 0 Å². The molecule has 6 heteroatoms. The van der Waals surface area contributed by atoms with Gasteiger partial charge in [0.15, 0.2) is 6.10 Å². The molecule has 0 bridgehead atoms. The maximum atomic E-state index is 12.5. The lowest BCUT2D eigenvalue weighted by Crippen LogP contribution is -2.30. The van der Waals surface area contributed by atoms with Crippen LogP contribution >= 0.6 is 0 Å². The van der Waals surface area contributed by atoms with Gasteiger partial charge in [0, 0.05) is 19.3 Å². The fourth-order valence-electron chi connectivity index (χ4n) is 6.90. The van der Waals surface area contributed by atoms with Crippen LogP contribution in [-0.4, -0.2) is 37.2 Å². The van der Waals surface area contributed by atoms with Crippen LogP contribution in [0.5, 0.6) is 0 Å². The van der Waals surface area contributed by atoms with E-state index in [0.29, 0.717) is 19.3 Å². The number of ether oxygens (including phenoxy) is 3. The normalized spacial score (nSPS) is 12.4. The summed E-state index contributed by atoms with van der Waals surface area (Å²) in [5.74, 6) is -0.892. The molecule has 0 heterocycles. The lowest BCUT2D eigenvalue weighted by Gasteiger charge is -2.18. The fraction of sp³-hybridized carbons (Fsp3) is 0.788. The van der Waals surface area contributed by atoms with Gasteiger partial charge in [-0.25, -0.2) is 0 Å². The largest absolute Gasteiger partial charge is 0.462 e. The highest BCUT2D eigenvalue weighted by atomic mass is 16.6. The second-order valence-electron chi connectivity index (χ2n) is 16.4. The number of hydrogen-bond acceptors (Lipinski definition) is 6. The summed E-state index contributed by atoms with van der Waals surface area (Å²) < 4.78 is 16.5. The first kappa shape index (κ1) is 55.4. The molecule has 0 spiro atoms. The van der Waals surface area contributed by atoms with Crippen LogP contribution in [-0.2, 0) is 28.6 Å². The zero-order valence-electron chi connectivity index (χ0n) is 38.3. The minimum Gasteiger partial charge on any atom is -0.462 e. The molecule has 0 aliphatic rings. The molecule has 6 nitrogen and oxygen atoms in total. The number of rotatable bonds is 44. The second kappa shape index (κ2) is 47.1. The van der Waals surface area contributed by atoms with Crippen molar-refractivity contribution in [3.63, 3.8) is 0 Å². The Labute approximate surface area is 358 Å². The van der Waals surface area contributed by atoms with E-state index in [0.717, 1.165) is 89.9 Å². The van der Waals surface area contributed by atoms with E-state index in [4.69, 9.17) is 14.2 Å². The van der Waals surface area contributed by atoms with E-state index in [2.05, 4.69) is 69.4 Å². The Hall–Kier alpha value is -2.63. The first-order valence-electron chi connectivity index (χ1n) is 24.6. The van der Waals surface area contributed by atoms with Gasteiger partial charge in [-0.2, -0.15) is 0 Å². The third kappa shape index (κ3) is 44.5. The van der Waals surface area contributed by atoms with E-state index in [-0.39, 0.29) is 31.1 Å². The molecule has 58 heavy (non-hydrogen) atoms. The van der Waals surface area contributed by atoms with Crippen LogP contribution in [0.15, 0.2) is 48.6 Å². The number of carbonyl (C=O) groups excluding carboxylic acids is 3. The Morgan fingerprint density at radius 1 is 0.362 bits per heavy atom. The summed E-state index contributed by atoms with van der Waals surface area (Å²) in [7, 11) is 0. The summed E-state index contributed by atoms with van der Waals surface area (Å²) in [6.45, 7) is 6.38. The van der Waals surface area contributed by atoms with Crippen LogP contribution in [0.2, 0.25) is 0 Å². The Morgan fingerprint density at radius 3 is 1.05 bits per heavy atom. The summed E-state index contributed by atoms with van der Waals surface area (Å²) >= 11 is 0. The first-order chi connectivity index (χ1) is 28.5. The molecule has 0 saturated heterocycles. The van der Waals surface area contributed by atoms with E-state index in [9.17, 15) is 14.4 Å². The number of carbonyl (C=O) groups is 3. The van der Waals surface area contributed by atoms with E-state index in [1.165, 1.54) is 116 Å². The Morgan fingerprint density at radius 2 is 0.672 bits per heavy atom. The molecule has 0 aromatic heterocycles. The van der Waals surface area contributed by atoms with E-state index in [1.54, 1.807) is 0 Å². The van der Waals surface area contributed by atoms with Crippen molar-refractivity contribution < 1.29 is 28.6 Å². The topological polar surface area (TPSA) is 78.9 Å². The van der Waals surface area contributed by atoms with E-state index >= 15 is 0 Å². The first-order valence-corrected chi connectivity index (χ1v) is 24.6. The molecular formula is C52H92O6. The van der Waals surface area contributed by atoms with Crippen LogP contribution in [0.4, 0.5) is 0 Å². The highest BCUT2D eigenvalue weighted by molar-refractivity contribution is 5.71. The molecule has 0 amide bonds. The predicted octanol–water partition coefficient (Wildman–Crippen LogP) is 15.9. The summed E-state index contributed by atoms with van der Waals surface area (Å²) in [6, 6.07) is 0. The molecule has 0 radical (unpaired) electrons. The fourth-order valence-corrected chi connectivity index (χ4v) is 6.90. The van der Waals surface area contributed by atoms with Gasteiger partial charge in [0.05, 0.1) is 0 Å². The standard InChI is InChI=1S/C52H92O6/c1-4-7-10-13-15-16-17-18-19-20-21-22-23-24-25-26-27-28-29-30-31-32-33-34-35-36-37-40-42-45-51(54)57-48-49(47-56-50(53)44-41-38-12-9-6-3)58-52(55)46-43-39-14-11-8-5-2/h7,10,15-16,18-19,21-22,49H,4-6,8-9,11-14,17,20,23-48H2,1-3H3/b10-7-,16-15-,19-18-,22-21-. The molecule has 0 saturated carbocycles. The molecule has 0 N–H and O–H groups in total. The molecule has 336 valence electrons. The van der Waals surface area contributed by atoms with Crippen molar-refractivity contribution in [3.8, 4) is 0 Å². The van der Waals surface area contributed by atoms with Crippen LogP contribution in [0.25, 0.3) is 0 Å². The molecule has 0 aliphatic heterocycles. The van der Waals surface area contributed by atoms with Crippen molar-refractivity contribution in [3.05, 3.63) is 48.6 Å². The second-order valence-corrected chi connectivity index (χ2v) is 16.4. The van der Waals surface area contributed by atoms with Crippen molar-refractivity contribution in [2.45, 2.75) is 252 Å². The van der Waals surface area contributed by atoms with Gasteiger partial charge >= 0.3 is 17.9 Å². The monoisotopic (exact) mass is 813 g/mol. The quantitative estimate of drug-likeness (QED) is 0.0264. The third-order valence-electron chi connectivity index (χ3n) is 10.6. The highest BCUT2D eigenvalue weighted by Crippen LogP contribution is 2.15. The van der Waals surface area contributed by atoms with Gasteiger partial charge in [0.1, 0.15) is 13.2 Å². The Balaban J connectivity index is 3.84. The third-order valence-corrected chi connectivity index (χ3v) is 10.6. The van der Waals surface area contributed by atoms with Crippen molar-refractivity contribution in [2.24, 2.45) is 0 Å². The molecule has 0 aromatic carbocycles. The van der Waals surface area contributed by atoms with Gasteiger partial charge in [-0.05, 0) is 57.8 Å². The van der Waals surface area contributed by atoms with Gasteiger partial charge in [-0.15, -0.1) is 0 Å². The molecular weight excluding hydrogens is 721 g/mol. The predicted molar refractivity (Wildman–Crippen MR) is 247 cm³/mol. The van der Waals surface area contributed by atoms with Gasteiger partial charge in [0.25, 0.3) is 0 Å². The van der Waals surface area contributed by atoms with Crippen molar-refractivity contribution in [1.29, 1.82) is 0 Å². The van der Waals surface area contributed by atoms with Crippen LogP contribution in [0.1, 0.15) is 245 Å². The van der Waals surface area contributed by atoms with Crippen molar-refractivity contribution in [2.75, 3.05) is 13.2 Å². The summed E-state index contributed by atoms with van der Waals surface area (Å²) in [4.78, 5) is 37.3. The lowest BCUT2D eigenvalue weighted by molar-refractivity contribution is -0.167. The van der Waals surface area contributed by atoms with Crippen LogP contribution < -0.4 is 0 Å². The molecule has 0 rings (SSSR count). The summed E-state index contributed by atoms with van der Waals surface area (Å²) in [5, 5.41) is 0. The number of allylic oxidation sites excluding steroid dienone is 8.